The predicted molar refractivity (Wildman–Crippen MR) is 143 cm³/mol. The van der Waals surface area contributed by atoms with Gasteiger partial charge in [-0.25, -0.2) is 4.39 Å². The van der Waals surface area contributed by atoms with E-state index in [0.29, 0.717) is 21.3 Å². The van der Waals surface area contributed by atoms with E-state index in [4.69, 9.17) is 12.2 Å². The van der Waals surface area contributed by atoms with Gasteiger partial charge in [0, 0.05) is 11.3 Å². The number of thioether (sulfide) groups is 1. The summed E-state index contributed by atoms with van der Waals surface area (Å²) in [6.07, 6.45) is 0. The van der Waals surface area contributed by atoms with Gasteiger partial charge in [0.1, 0.15) is 16.7 Å². The minimum Gasteiger partial charge on any atom is -0.325 e. The lowest BCUT2D eigenvalue weighted by atomic mass is 10.1. The molecule has 36 heavy (non-hydrogen) atoms. The molecule has 2 aliphatic rings. The number of benzene rings is 3. The molecule has 1 N–H and O–H groups in total. The number of anilines is 2. The molecule has 5 rings (SSSR count). The number of amides is 3. The van der Waals surface area contributed by atoms with Crippen molar-refractivity contribution < 1.29 is 18.8 Å². The van der Waals surface area contributed by atoms with Crippen molar-refractivity contribution in [3.63, 3.8) is 0 Å². The Morgan fingerprint density at radius 1 is 0.972 bits per heavy atom. The normalized spacial score (nSPS) is 18.0. The number of rotatable bonds is 5. The topological polar surface area (TPSA) is 69.7 Å². The Balaban J connectivity index is 1.45. The van der Waals surface area contributed by atoms with Crippen LogP contribution in [0.1, 0.15) is 24.1 Å². The summed E-state index contributed by atoms with van der Waals surface area (Å²) < 4.78 is 13.6. The zero-order chi connectivity index (χ0) is 25.4. The van der Waals surface area contributed by atoms with Gasteiger partial charge in [-0.2, -0.15) is 0 Å². The van der Waals surface area contributed by atoms with E-state index in [9.17, 15) is 18.8 Å². The van der Waals surface area contributed by atoms with Crippen molar-refractivity contribution in [2.75, 3.05) is 16.8 Å². The molecule has 2 aliphatic heterocycles. The molecular weight excluding hydrogens is 497 g/mol. The second kappa shape index (κ2) is 9.67. The van der Waals surface area contributed by atoms with E-state index < -0.39 is 17.6 Å². The molecule has 0 radical (unpaired) electrons. The van der Waals surface area contributed by atoms with Gasteiger partial charge in [-0.1, -0.05) is 72.5 Å². The lowest BCUT2D eigenvalue weighted by Crippen LogP contribution is -2.35. The molecule has 9 heteroatoms. The smallest absolute Gasteiger partial charge is 0.267 e. The van der Waals surface area contributed by atoms with Gasteiger partial charge in [0.25, 0.3) is 11.8 Å². The summed E-state index contributed by atoms with van der Waals surface area (Å²) in [6.45, 7) is 1.63. The largest absolute Gasteiger partial charge is 0.325 e. The number of nitrogens with one attached hydrogen (secondary N) is 1. The van der Waals surface area contributed by atoms with Gasteiger partial charge >= 0.3 is 0 Å². The highest BCUT2D eigenvalue weighted by molar-refractivity contribution is 8.26. The zero-order valence-electron chi connectivity index (χ0n) is 19.1. The summed E-state index contributed by atoms with van der Waals surface area (Å²) in [5.41, 5.74) is 2.69. The fourth-order valence-corrected chi connectivity index (χ4v) is 5.77. The summed E-state index contributed by atoms with van der Waals surface area (Å²) in [4.78, 5) is 43.0. The molecule has 0 spiro atoms. The van der Waals surface area contributed by atoms with E-state index in [0.717, 1.165) is 17.3 Å². The van der Waals surface area contributed by atoms with Crippen LogP contribution in [-0.4, -0.2) is 33.5 Å². The Hall–Kier alpha value is -3.82. The maximum atomic E-state index is 13.6. The van der Waals surface area contributed by atoms with Crippen molar-refractivity contribution in [1.29, 1.82) is 0 Å². The van der Waals surface area contributed by atoms with Crippen molar-refractivity contribution in [3.8, 4) is 0 Å². The molecule has 0 bridgehead atoms. The van der Waals surface area contributed by atoms with Crippen LogP contribution in [0.4, 0.5) is 15.8 Å². The van der Waals surface area contributed by atoms with Gasteiger partial charge in [0.05, 0.1) is 22.2 Å². The van der Waals surface area contributed by atoms with Crippen LogP contribution in [0.2, 0.25) is 0 Å². The number of nitrogens with zero attached hydrogens (tertiary/aromatic N) is 2. The van der Waals surface area contributed by atoms with E-state index in [1.165, 1.54) is 34.1 Å². The van der Waals surface area contributed by atoms with E-state index in [1.54, 1.807) is 24.3 Å². The number of carbonyl (C=O) groups excluding carboxylic acids is 3. The lowest BCUT2D eigenvalue weighted by molar-refractivity contribution is -0.123. The number of halogens is 1. The molecular formula is C27H20FN3O3S2. The number of carbonyl (C=O) groups is 3. The van der Waals surface area contributed by atoms with Gasteiger partial charge in [-0.15, -0.1) is 0 Å². The van der Waals surface area contributed by atoms with E-state index >= 15 is 0 Å². The van der Waals surface area contributed by atoms with Crippen LogP contribution in [0.25, 0.3) is 5.57 Å². The van der Waals surface area contributed by atoms with Crippen LogP contribution in [0.15, 0.2) is 83.8 Å². The second-order valence-corrected chi connectivity index (χ2v) is 9.94. The van der Waals surface area contributed by atoms with E-state index in [1.807, 2.05) is 37.3 Å². The third kappa shape index (κ3) is 4.31. The van der Waals surface area contributed by atoms with Crippen LogP contribution in [0.5, 0.6) is 0 Å². The van der Waals surface area contributed by atoms with Crippen molar-refractivity contribution in [3.05, 3.63) is 101 Å². The first-order chi connectivity index (χ1) is 17.3. The average molecular weight is 518 g/mol. The third-order valence-electron chi connectivity index (χ3n) is 6.05. The summed E-state index contributed by atoms with van der Waals surface area (Å²) in [5, 5.41) is 2.67. The average Bonchev–Trinajstić information content (AvgIpc) is 3.32. The minimum atomic E-state index is -0.448. The number of para-hydroxylation sites is 1. The molecule has 1 fully saturated rings. The first-order valence-corrected chi connectivity index (χ1v) is 12.4. The maximum absolute atomic E-state index is 13.6. The molecule has 3 aromatic rings. The number of thiocarbonyl (C=S) groups is 1. The van der Waals surface area contributed by atoms with Crippen molar-refractivity contribution in [1.82, 2.24) is 4.90 Å². The van der Waals surface area contributed by atoms with Crippen molar-refractivity contribution in [2.45, 2.75) is 13.0 Å². The van der Waals surface area contributed by atoms with Gasteiger partial charge < -0.3 is 5.32 Å². The molecule has 6 nitrogen and oxygen atoms in total. The fourth-order valence-electron chi connectivity index (χ4n) is 4.28. The van der Waals surface area contributed by atoms with Crippen LogP contribution in [0, 0.1) is 5.82 Å². The van der Waals surface area contributed by atoms with Crippen molar-refractivity contribution in [2.24, 2.45) is 0 Å². The third-order valence-corrected chi connectivity index (χ3v) is 7.45. The molecule has 1 saturated heterocycles. The quantitative estimate of drug-likeness (QED) is 0.375. The van der Waals surface area contributed by atoms with Crippen LogP contribution in [-0.2, 0) is 14.4 Å². The Morgan fingerprint density at radius 2 is 1.64 bits per heavy atom. The molecule has 180 valence electrons. The summed E-state index contributed by atoms with van der Waals surface area (Å²) >= 11 is 6.64. The number of hydrogen-bond donors (Lipinski definition) is 1. The number of fused-ring (bicyclic) bond motifs is 1. The minimum absolute atomic E-state index is 0.236. The first-order valence-electron chi connectivity index (χ1n) is 11.2. The van der Waals surface area contributed by atoms with Gasteiger partial charge in [-0.3, -0.25) is 24.2 Å². The standard InChI is InChI=1S/C27H20FN3O3S2/c1-16(17-7-3-2-4-8-17)31-26(34)24(36-27(31)35)23-20-9-5-6-10-21(20)30(25(23)33)15-22(32)29-19-13-11-18(28)12-14-19/h2-14,16H,15H2,1H3,(H,29,32)/b24-23-/t16-/m0/s1. The Morgan fingerprint density at radius 3 is 2.36 bits per heavy atom. The molecule has 1 atom stereocenters. The maximum Gasteiger partial charge on any atom is 0.267 e. The lowest BCUT2D eigenvalue weighted by Gasteiger charge is -2.23. The Kier molecular flexibility index (Phi) is 6.42. The molecule has 3 amide bonds. The van der Waals surface area contributed by atoms with Gasteiger partial charge in [0.15, 0.2) is 0 Å². The highest BCUT2D eigenvalue weighted by atomic mass is 32.2. The highest BCUT2D eigenvalue weighted by Gasteiger charge is 2.43. The van der Waals surface area contributed by atoms with Gasteiger partial charge in [-0.05, 0) is 42.8 Å². The molecule has 0 unspecified atom stereocenters. The SMILES string of the molecule is C[C@@H](c1ccccc1)N1C(=O)/C(=C2/C(=O)N(CC(=O)Nc3ccc(F)cc3)c3ccccc32)SC1=S. The molecule has 3 aromatic carbocycles. The fraction of sp³-hybridized carbons (Fsp3) is 0.111. The zero-order valence-corrected chi connectivity index (χ0v) is 20.7. The summed E-state index contributed by atoms with van der Waals surface area (Å²) in [7, 11) is 0. The predicted octanol–water partition coefficient (Wildman–Crippen LogP) is 5.14. The molecule has 0 aromatic heterocycles. The van der Waals surface area contributed by atoms with Crippen molar-refractivity contribution >= 4 is 63.0 Å². The van der Waals surface area contributed by atoms with E-state index in [-0.39, 0.29) is 29.0 Å². The second-order valence-electron chi connectivity index (χ2n) is 8.30. The van der Waals surface area contributed by atoms with Crippen LogP contribution in [0.3, 0.4) is 0 Å². The van der Waals surface area contributed by atoms with E-state index in [2.05, 4.69) is 5.32 Å². The summed E-state index contributed by atoms with van der Waals surface area (Å²) in [5.74, 6) is -1.65. The summed E-state index contributed by atoms with van der Waals surface area (Å²) in [6, 6.07) is 21.6. The number of hydrogen-bond acceptors (Lipinski definition) is 5. The van der Waals surface area contributed by atoms with Crippen LogP contribution >= 0.6 is 24.0 Å². The molecule has 2 heterocycles. The Labute approximate surface area is 216 Å². The molecule has 0 aliphatic carbocycles. The molecule has 0 saturated carbocycles. The first kappa shape index (κ1) is 23.9. The van der Waals surface area contributed by atoms with Crippen LogP contribution < -0.4 is 10.2 Å². The monoisotopic (exact) mass is 517 g/mol. The Bertz CT molecular complexity index is 1420. The highest BCUT2D eigenvalue weighted by Crippen LogP contribution is 2.46. The van der Waals surface area contributed by atoms with Gasteiger partial charge in [0.2, 0.25) is 5.91 Å².